The van der Waals surface area contributed by atoms with Crippen molar-refractivity contribution in [3.05, 3.63) is 23.8 Å². The van der Waals surface area contributed by atoms with E-state index in [0.717, 1.165) is 5.56 Å². The van der Waals surface area contributed by atoms with Crippen molar-refractivity contribution < 1.29 is 24.1 Å². The van der Waals surface area contributed by atoms with Crippen molar-refractivity contribution in [1.82, 2.24) is 4.90 Å². The van der Waals surface area contributed by atoms with Gasteiger partial charge in [0.05, 0.1) is 20.8 Å². The normalized spacial score (nSPS) is 19.1. The zero-order valence-electron chi connectivity index (χ0n) is 11.7. The second-order valence-corrected chi connectivity index (χ2v) is 4.52. The molecule has 0 aliphatic carbocycles. The SMILES string of the molecule is COc1ccc(CCN2C(=O)COC[C@@H]2O)cc1OC. The summed E-state index contributed by atoms with van der Waals surface area (Å²) in [7, 11) is 3.16. The average Bonchev–Trinajstić information content (AvgIpc) is 2.46. The number of hydrogen-bond donors (Lipinski definition) is 1. The predicted molar refractivity (Wildman–Crippen MR) is 71.8 cm³/mol. The maximum atomic E-state index is 11.6. The van der Waals surface area contributed by atoms with Crippen LogP contribution in [-0.2, 0) is 16.0 Å². The van der Waals surface area contributed by atoms with Gasteiger partial charge in [0.1, 0.15) is 6.61 Å². The monoisotopic (exact) mass is 281 g/mol. The highest BCUT2D eigenvalue weighted by Gasteiger charge is 2.26. The largest absolute Gasteiger partial charge is 0.493 e. The molecule has 0 unspecified atom stereocenters. The van der Waals surface area contributed by atoms with E-state index in [1.807, 2.05) is 18.2 Å². The van der Waals surface area contributed by atoms with Crippen LogP contribution in [-0.4, -0.2) is 56.1 Å². The first-order valence-corrected chi connectivity index (χ1v) is 6.42. The molecule has 0 bridgehead atoms. The third-order valence-electron chi connectivity index (χ3n) is 3.26. The number of carbonyl (C=O) groups is 1. The second kappa shape index (κ2) is 6.58. The Balaban J connectivity index is 2.01. The lowest BCUT2D eigenvalue weighted by molar-refractivity contribution is -0.165. The molecule has 1 aromatic carbocycles. The molecule has 1 aliphatic heterocycles. The minimum Gasteiger partial charge on any atom is -0.493 e. The van der Waals surface area contributed by atoms with Gasteiger partial charge in [-0.1, -0.05) is 6.07 Å². The number of aliphatic hydroxyl groups excluding tert-OH is 1. The number of hydrogen-bond acceptors (Lipinski definition) is 5. The fourth-order valence-electron chi connectivity index (χ4n) is 2.15. The van der Waals surface area contributed by atoms with Crippen molar-refractivity contribution in [3.63, 3.8) is 0 Å². The molecule has 1 saturated heterocycles. The Kier molecular flexibility index (Phi) is 4.81. The smallest absolute Gasteiger partial charge is 0.250 e. The molecule has 110 valence electrons. The fraction of sp³-hybridized carbons (Fsp3) is 0.500. The molecule has 0 saturated carbocycles. The molecule has 6 heteroatoms. The topological polar surface area (TPSA) is 68.2 Å². The number of morpholine rings is 1. The van der Waals surface area contributed by atoms with Crippen LogP contribution in [0.4, 0.5) is 0 Å². The summed E-state index contributed by atoms with van der Waals surface area (Å²) in [4.78, 5) is 13.1. The molecular weight excluding hydrogens is 262 g/mol. The number of ether oxygens (including phenoxy) is 3. The maximum Gasteiger partial charge on any atom is 0.250 e. The molecule has 0 radical (unpaired) electrons. The van der Waals surface area contributed by atoms with Crippen molar-refractivity contribution in [2.45, 2.75) is 12.6 Å². The summed E-state index contributed by atoms with van der Waals surface area (Å²) < 4.78 is 15.4. The summed E-state index contributed by atoms with van der Waals surface area (Å²) in [5.74, 6) is 1.13. The molecule has 1 atom stereocenters. The minimum atomic E-state index is -0.864. The standard InChI is InChI=1S/C14H19NO5/c1-18-11-4-3-10(7-12(11)19-2)5-6-15-13(16)8-20-9-14(15)17/h3-4,7,13,16H,5-6,8-9H2,1-2H3/t13-/m0/s1. The van der Waals surface area contributed by atoms with Gasteiger partial charge < -0.3 is 24.2 Å². The molecule has 1 aromatic rings. The van der Waals surface area contributed by atoms with Crippen LogP contribution in [0.25, 0.3) is 0 Å². The van der Waals surface area contributed by atoms with Gasteiger partial charge in [0.15, 0.2) is 17.7 Å². The number of carbonyl (C=O) groups excluding carboxylic acids is 1. The predicted octanol–water partition coefficient (Wildman–Crippen LogP) is 0.423. The maximum absolute atomic E-state index is 11.6. The van der Waals surface area contributed by atoms with Crippen LogP contribution in [0.3, 0.4) is 0 Å². The van der Waals surface area contributed by atoms with Crippen LogP contribution in [0.1, 0.15) is 5.56 Å². The van der Waals surface area contributed by atoms with E-state index >= 15 is 0 Å². The molecule has 2 rings (SSSR count). The van der Waals surface area contributed by atoms with Gasteiger partial charge >= 0.3 is 0 Å². The highest BCUT2D eigenvalue weighted by molar-refractivity contribution is 5.78. The van der Waals surface area contributed by atoms with E-state index in [2.05, 4.69) is 0 Å². The molecule has 1 fully saturated rings. The Morgan fingerprint density at radius 3 is 2.75 bits per heavy atom. The fourth-order valence-corrected chi connectivity index (χ4v) is 2.15. The van der Waals surface area contributed by atoms with Crippen LogP contribution >= 0.6 is 0 Å². The minimum absolute atomic E-state index is 0.0307. The van der Waals surface area contributed by atoms with Crippen molar-refractivity contribution in [1.29, 1.82) is 0 Å². The summed E-state index contributed by atoms with van der Waals surface area (Å²) >= 11 is 0. The van der Waals surface area contributed by atoms with E-state index in [9.17, 15) is 9.90 Å². The van der Waals surface area contributed by atoms with Gasteiger partial charge in [-0.05, 0) is 24.1 Å². The Morgan fingerprint density at radius 2 is 2.10 bits per heavy atom. The highest BCUT2D eigenvalue weighted by Crippen LogP contribution is 2.27. The quantitative estimate of drug-likeness (QED) is 0.847. The lowest BCUT2D eigenvalue weighted by Crippen LogP contribution is -2.50. The van der Waals surface area contributed by atoms with Crippen molar-refractivity contribution in [2.75, 3.05) is 34.0 Å². The molecule has 1 amide bonds. The van der Waals surface area contributed by atoms with E-state index < -0.39 is 6.23 Å². The first kappa shape index (κ1) is 14.6. The number of methoxy groups -OCH3 is 2. The van der Waals surface area contributed by atoms with E-state index in [-0.39, 0.29) is 19.1 Å². The summed E-state index contributed by atoms with van der Waals surface area (Å²) in [5.41, 5.74) is 1.01. The molecule has 1 aliphatic rings. The summed E-state index contributed by atoms with van der Waals surface area (Å²) in [5, 5.41) is 9.74. The van der Waals surface area contributed by atoms with Crippen LogP contribution < -0.4 is 9.47 Å². The van der Waals surface area contributed by atoms with Crippen LogP contribution in [0.2, 0.25) is 0 Å². The van der Waals surface area contributed by atoms with Gasteiger partial charge in [-0.25, -0.2) is 0 Å². The second-order valence-electron chi connectivity index (χ2n) is 4.52. The van der Waals surface area contributed by atoms with Gasteiger partial charge in [-0.15, -0.1) is 0 Å². The van der Waals surface area contributed by atoms with Crippen molar-refractivity contribution in [3.8, 4) is 11.5 Å². The number of nitrogens with zero attached hydrogens (tertiary/aromatic N) is 1. The van der Waals surface area contributed by atoms with E-state index in [0.29, 0.717) is 24.5 Å². The van der Waals surface area contributed by atoms with Crippen LogP contribution in [0, 0.1) is 0 Å². The average molecular weight is 281 g/mol. The zero-order chi connectivity index (χ0) is 14.5. The first-order chi connectivity index (χ1) is 9.65. The first-order valence-electron chi connectivity index (χ1n) is 6.42. The summed E-state index contributed by atoms with van der Waals surface area (Å²) in [6, 6.07) is 5.61. The molecular formula is C14H19NO5. The van der Waals surface area contributed by atoms with Gasteiger partial charge in [-0.3, -0.25) is 4.79 Å². The molecule has 1 heterocycles. The zero-order valence-corrected chi connectivity index (χ0v) is 11.7. The Morgan fingerprint density at radius 1 is 1.35 bits per heavy atom. The number of amides is 1. The van der Waals surface area contributed by atoms with Crippen LogP contribution in [0.5, 0.6) is 11.5 Å². The highest BCUT2D eigenvalue weighted by atomic mass is 16.5. The van der Waals surface area contributed by atoms with Gasteiger partial charge in [-0.2, -0.15) is 0 Å². The van der Waals surface area contributed by atoms with E-state index in [1.165, 1.54) is 4.90 Å². The Hall–Kier alpha value is -1.79. The van der Waals surface area contributed by atoms with E-state index in [4.69, 9.17) is 14.2 Å². The Bertz CT molecular complexity index is 477. The third-order valence-corrected chi connectivity index (χ3v) is 3.26. The van der Waals surface area contributed by atoms with E-state index in [1.54, 1.807) is 14.2 Å². The third kappa shape index (κ3) is 3.20. The molecule has 6 nitrogen and oxygen atoms in total. The molecule has 0 aromatic heterocycles. The summed E-state index contributed by atoms with van der Waals surface area (Å²) in [6.45, 7) is 0.638. The van der Waals surface area contributed by atoms with Gasteiger partial charge in [0.2, 0.25) is 0 Å². The lowest BCUT2D eigenvalue weighted by Gasteiger charge is -2.31. The van der Waals surface area contributed by atoms with Crippen molar-refractivity contribution in [2.24, 2.45) is 0 Å². The molecule has 1 N–H and O–H groups in total. The summed E-state index contributed by atoms with van der Waals surface area (Å²) in [6.07, 6.45) is -0.236. The lowest BCUT2D eigenvalue weighted by atomic mass is 10.1. The number of rotatable bonds is 5. The van der Waals surface area contributed by atoms with Crippen LogP contribution in [0.15, 0.2) is 18.2 Å². The molecule has 0 spiro atoms. The van der Waals surface area contributed by atoms with Crippen molar-refractivity contribution >= 4 is 5.91 Å². The molecule has 20 heavy (non-hydrogen) atoms. The Labute approximate surface area is 117 Å². The van der Waals surface area contributed by atoms with Gasteiger partial charge in [0.25, 0.3) is 5.91 Å². The number of aliphatic hydroxyl groups is 1. The number of benzene rings is 1. The van der Waals surface area contributed by atoms with Gasteiger partial charge in [0, 0.05) is 6.54 Å².